The Morgan fingerprint density at radius 1 is 1.28 bits per heavy atom. The molecule has 0 saturated carbocycles. The van der Waals surface area contributed by atoms with E-state index in [0.717, 1.165) is 12.0 Å². The number of fused-ring (bicyclic) bond motifs is 1. The third-order valence-corrected chi connectivity index (χ3v) is 3.26. The molecule has 0 bridgehead atoms. The molecule has 1 aliphatic heterocycles. The van der Waals surface area contributed by atoms with Gasteiger partial charge < -0.3 is 14.4 Å². The maximum atomic E-state index is 12.2. The summed E-state index contributed by atoms with van der Waals surface area (Å²) in [6.07, 6.45) is 3.77. The van der Waals surface area contributed by atoms with Crippen molar-refractivity contribution in [1.29, 1.82) is 0 Å². The van der Waals surface area contributed by atoms with Gasteiger partial charge in [-0.2, -0.15) is 0 Å². The van der Waals surface area contributed by atoms with Gasteiger partial charge in [0, 0.05) is 13.1 Å². The monoisotopic (exact) mass is 243 g/mol. The number of hydrogen-bond acceptors (Lipinski definition) is 3. The number of phenolic OH excluding ortho intramolecular Hbond substituents is 1. The van der Waals surface area contributed by atoms with Crippen molar-refractivity contribution >= 4 is 5.91 Å². The van der Waals surface area contributed by atoms with E-state index in [4.69, 9.17) is 4.42 Å². The largest absolute Gasteiger partial charge is 0.508 e. The summed E-state index contributed by atoms with van der Waals surface area (Å²) in [4.78, 5) is 13.9. The van der Waals surface area contributed by atoms with Gasteiger partial charge in [-0.05, 0) is 35.7 Å². The fourth-order valence-corrected chi connectivity index (χ4v) is 2.29. The van der Waals surface area contributed by atoms with Gasteiger partial charge in [-0.3, -0.25) is 4.79 Å². The van der Waals surface area contributed by atoms with E-state index in [-0.39, 0.29) is 11.7 Å². The van der Waals surface area contributed by atoms with Crippen LogP contribution in [0, 0.1) is 0 Å². The fourth-order valence-electron chi connectivity index (χ4n) is 2.29. The first-order valence-electron chi connectivity index (χ1n) is 5.86. The lowest BCUT2D eigenvalue weighted by Crippen LogP contribution is -2.35. The smallest absolute Gasteiger partial charge is 0.257 e. The summed E-state index contributed by atoms with van der Waals surface area (Å²) in [7, 11) is 0. The zero-order valence-corrected chi connectivity index (χ0v) is 9.80. The quantitative estimate of drug-likeness (QED) is 0.835. The van der Waals surface area contributed by atoms with E-state index in [1.54, 1.807) is 23.1 Å². The molecule has 0 atom stereocenters. The molecule has 92 valence electrons. The van der Waals surface area contributed by atoms with E-state index in [2.05, 4.69) is 0 Å². The number of hydrogen-bond donors (Lipinski definition) is 1. The number of amides is 1. The Hall–Kier alpha value is -2.23. The minimum absolute atomic E-state index is 0.0299. The molecule has 0 unspecified atom stereocenters. The average molecular weight is 243 g/mol. The number of nitrogens with zero attached hydrogens (tertiary/aromatic N) is 1. The molecule has 1 aromatic carbocycles. The molecule has 1 N–H and O–H groups in total. The van der Waals surface area contributed by atoms with E-state index in [1.165, 1.54) is 18.1 Å². The summed E-state index contributed by atoms with van der Waals surface area (Å²) in [6.45, 7) is 1.23. The van der Waals surface area contributed by atoms with Gasteiger partial charge in [0.1, 0.15) is 12.0 Å². The maximum Gasteiger partial charge on any atom is 0.257 e. The molecular formula is C14H13NO3. The highest BCUT2D eigenvalue weighted by molar-refractivity contribution is 5.93. The Morgan fingerprint density at radius 3 is 2.94 bits per heavy atom. The predicted octanol–water partition coefficient (Wildman–Crippen LogP) is 2.18. The fraction of sp³-hybridized carbons (Fsp3) is 0.214. The minimum atomic E-state index is -0.0299. The van der Waals surface area contributed by atoms with Gasteiger partial charge >= 0.3 is 0 Å². The van der Waals surface area contributed by atoms with Crippen molar-refractivity contribution < 1.29 is 14.3 Å². The Labute approximate surface area is 104 Å². The Balaban J connectivity index is 1.84. The van der Waals surface area contributed by atoms with Crippen molar-refractivity contribution in [3.63, 3.8) is 0 Å². The van der Waals surface area contributed by atoms with Gasteiger partial charge in [0.15, 0.2) is 0 Å². The SMILES string of the molecule is O=C(c1ccoc1)N1CCc2ccc(O)cc2C1. The van der Waals surface area contributed by atoms with Crippen molar-refractivity contribution in [2.75, 3.05) is 6.54 Å². The second kappa shape index (κ2) is 4.22. The number of rotatable bonds is 1. The topological polar surface area (TPSA) is 53.7 Å². The molecule has 0 radical (unpaired) electrons. The number of carbonyl (C=O) groups excluding carboxylic acids is 1. The van der Waals surface area contributed by atoms with E-state index >= 15 is 0 Å². The molecule has 0 aliphatic carbocycles. The number of carbonyl (C=O) groups is 1. The van der Waals surface area contributed by atoms with Crippen LogP contribution in [-0.4, -0.2) is 22.5 Å². The van der Waals surface area contributed by atoms with Gasteiger partial charge in [-0.25, -0.2) is 0 Å². The van der Waals surface area contributed by atoms with E-state index in [0.29, 0.717) is 18.7 Å². The zero-order valence-electron chi connectivity index (χ0n) is 9.80. The molecule has 1 amide bonds. The summed E-state index contributed by atoms with van der Waals surface area (Å²) in [5.41, 5.74) is 2.78. The Bertz CT molecular complexity index is 575. The molecule has 0 fully saturated rings. The van der Waals surface area contributed by atoms with Crippen molar-refractivity contribution in [3.05, 3.63) is 53.5 Å². The van der Waals surface area contributed by atoms with Crippen molar-refractivity contribution in [2.45, 2.75) is 13.0 Å². The van der Waals surface area contributed by atoms with Gasteiger partial charge in [0.05, 0.1) is 11.8 Å². The van der Waals surface area contributed by atoms with Crippen LogP contribution in [-0.2, 0) is 13.0 Å². The first-order chi connectivity index (χ1) is 8.74. The highest BCUT2D eigenvalue weighted by Crippen LogP contribution is 2.24. The first kappa shape index (κ1) is 10.9. The van der Waals surface area contributed by atoms with Crippen LogP contribution in [0.2, 0.25) is 0 Å². The zero-order chi connectivity index (χ0) is 12.5. The molecule has 4 heteroatoms. The standard InChI is InChI=1S/C14H13NO3/c16-13-2-1-10-3-5-15(8-12(10)7-13)14(17)11-4-6-18-9-11/h1-2,4,6-7,9,16H,3,5,8H2. The summed E-state index contributed by atoms with van der Waals surface area (Å²) in [6, 6.07) is 7.00. The highest BCUT2D eigenvalue weighted by atomic mass is 16.3. The lowest BCUT2D eigenvalue weighted by molar-refractivity contribution is 0.0733. The van der Waals surface area contributed by atoms with Crippen molar-refractivity contribution in [2.24, 2.45) is 0 Å². The molecule has 1 aliphatic rings. The molecule has 2 heterocycles. The van der Waals surface area contributed by atoms with Crippen LogP contribution < -0.4 is 0 Å². The van der Waals surface area contributed by atoms with Crippen molar-refractivity contribution in [1.82, 2.24) is 4.90 Å². The van der Waals surface area contributed by atoms with Crippen molar-refractivity contribution in [3.8, 4) is 5.75 Å². The van der Waals surface area contributed by atoms with Crippen LogP contribution in [0.15, 0.2) is 41.2 Å². The lowest BCUT2D eigenvalue weighted by Gasteiger charge is -2.28. The molecule has 18 heavy (non-hydrogen) atoms. The molecule has 1 aromatic heterocycles. The van der Waals surface area contributed by atoms with Gasteiger partial charge in [-0.1, -0.05) is 6.07 Å². The molecule has 3 rings (SSSR count). The first-order valence-corrected chi connectivity index (χ1v) is 5.86. The maximum absolute atomic E-state index is 12.2. The summed E-state index contributed by atoms with van der Waals surface area (Å²) in [5.74, 6) is 0.212. The minimum Gasteiger partial charge on any atom is -0.508 e. The third kappa shape index (κ3) is 1.86. The van der Waals surface area contributed by atoms with Gasteiger partial charge in [-0.15, -0.1) is 0 Å². The average Bonchev–Trinajstić information content (AvgIpc) is 2.90. The number of aromatic hydroxyl groups is 1. The summed E-state index contributed by atoms with van der Waals surface area (Å²) >= 11 is 0. The van der Waals surface area contributed by atoms with Crippen LogP contribution in [0.3, 0.4) is 0 Å². The van der Waals surface area contributed by atoms with Crippen LogP contribution in [0.25, 0.3) is 0 Å². The second-order valence-corrected chi connectivity index (χ2v) is 4.44. The summed E-state index contributed by atoms with van der Waals surface area (Å²) < 4.78 is 4.93. The number of phenols is 1. The molecule has 0 spiro atoms. The Kier molecular flexibility index (Phi) is 2.55. The van der Waals surface area contributed by atoms with E-state index < -0.39 is 0 Å². The molecule has 4 nitrogen and oxygen atoms in total. The molecule has 0 saturated heterocycles. The third-order valence-electron chi connectivity index (χ3n) is 3.26. The van der Waals surface area contributed by atoms with Crippen LogP contribution >= 0.6 is 0 Å². The van der Waals surface area contributed by atoms with Crippen LogP contribution in [0.1, 0.15) is 21.5 Å². The number of furan rings is 1. The van der Waals surface area contributed by atoms with Crippen LogP contribution in [0.4, 0.5) is 0 Å². The highest BCUT2D eigenvalue weighted by Gasteiger charge is 2.22. The molecule has 2 aromatic rings. The van der Waals surface area contributed by atoms with Crippen LogP contribution in [0.5, 0.6) is 5.75 Å². The lowest BCUT2D eigenvalue weighted by atomic mass is 9.99. The predicted molar refractivity (Wildman–Crippen MR) is 65.3 cm³/mol. The van der Waals surface area contributed by atoms with Gasteiger partial charge in [0.25, 0.3) is 5.91 Å². The number of benzene rings is 1. The Morgan fingerprint density at radius 2 is 2.17 bits per heavy atom. The normalized spacial score (nSPS) is 14.3. The second-order valence-electron chi connectivity index (χ2n) is 4.44. The van der Waals surface area contributed by atoms with Gasteiger partial charge in [0.2, 0.25) is 0 Å². The molecular weight excluding hydrogens is 230 g/mol. The summed E-state index contributed by atoms with van der Waals surface area (Å²) in [5, 5.41) is 9.48. The van der Waals surface area contributed by atoms with E-state index in [1.807, 2.05) is 6.07 Å². The van der Waals surface area contributed by atoms with E-state index in [9.17, 15) is 9.90 Å².